The second-order valence-corrected chi connectivity index (χ2v) is 27.5. The number of carboxylic acid groups (broad SMARTS) is 1. The smallest absolute Gasteiger partial charge is 1.00 e. The van der Waals surface area contributed by atoms with Gasteiger partial charge in [0.2, 0.25) is 5.91 Å². The van der Waals surface area contributed by atoms with Gasteiger partial charge in [0, 0.05) is 52.6 Å². The number of hydrogen-bond acceptors (Lipinski definition) is 23. The van der Waals surface area contributed by atoms with E-state index >= 15 is 0 Å². The van der Waals surface area contributed by atoms with E-state index in [2.05, 4.69) is 53.3 Å². The zero-order chi connectivity index (χ0) is 71.0. The van der Waals surface area contributed by atoms with Gasteiger partial charge in [0.05, 0.1) is 119 Å². The molecule has 0 saturated carbocycles. The van der Waals surface area contributed by atoms with Crippen molar-refractivity contribution >= 4 is 103 Å². The summed E-state index contributed by atoms with van der Waals surface area (Å²) in [6, 6.07) is 25.1. The van der Waals surface area contributed by atoms with E-state index in [0.29, 0.717) is 34.9 Å². The molecule has 0 bridgehead atoms. The molecule has 3 amide bonds. The van der Waals surface area contributed by atoms with E-state index < -0.39 is 53.6 Å². The number of carboxylic acids is 1. The second kappa shape index (κ2) is 40.6. The first-order valence-corrected chi connectivity index (χ1v) is 34.1. The number of nitriles is 2. The van der Waals surface area contributed by atoms with E-state index in [1.54, 1.807) is 145 Å². The largest absolute Gasteiger partial charge is 1.00 e. The number of carbonyl (C=O) groups is 4. The Morgan fingerprint density at radius 2 is 1.02 bits per heavy atom. The number of ether oxygens (including phenoxy) is 6. The number of thiazole rings is 4. The average molecular weight is 1490 g/mol. The molecule has 4 aromatic carbocycles. The third-order valence-electron chi connectivity index (χ3n) is 13.8. The number of aliphatic carboxylic acids is 1. The maximum atomic E-state index is 12.8. The molecule has 4 atom stereocenters. The monoisotopic (exact) mass is 1490 g/mol. The number of aliphatic hydroxyl groups excluding tert-OH is 2. The van der Waals surface area contributed by atoms with Crippen molar-refractivity contribution in [2.45, 2.75) is 131 Å². The predicted octanol–water partition coefficient (Wildman–Crippen LogP) is 8.85. The van der Waals surface area contributed by atoms with Gasteiger partial charge in [-0.25, -0.2) is 29.3 Å². The van der Waals surface area contributed by atoms with E-state index in [-0.39, 0.29) is 76.0 Å². The first-order valence-electron chi connectivity index (χ1n) is 29.8. The van der Waals surface area contributed by atoms with Crippen LogP contribution in [0.2, 0.25) is 0 Å². The summed E-state index contributed by atoms with van der Waals surface area (Å²) in [5.41, 5.74) is 21.8. The first-order chi connectivity index (χ1) is 45.5. The molecular formula is C68H85AlBrLiN10O13S4. The molecule has 520 valence electrons. The Hall–Kier alpha value is -7.45. The van der Waals surface area contributed by atoms with E-state index in [9.17, 15) is 29.4 Å². The summed E-state index contributed by atoms with van der Waals surface area (Å²) in [7, 11) is 6.36. The van der Waals surface area contributed by atoms with Gasteiger partial charge in [0.15, 0.2) is 17.4 Å². The average Bonchev–Trinajstić information content (AvgIpc) is 1.77. The Bertz CT molecular complexity index is 3970. The molecule has 2 fully saturated rings. The number of aliphatic hydroxyl groups is 2. The van der Waals surface area contributed by atoms with Crippen LogP contribution in [0.5, 0.6) is 23.0 Å². The van der Waals surface area contributed by atoms with Crippen molar-refractivity contribution in [3.63, 3.8) is 0 Å². The molecule has 2 aliphatic heterocycles. The number of nitrogens with two attached hydrogens (primary N) is 1. The summed E-state index contributed by atoms with van der Waals surface area (Å²) in [5, 5.41) is 50.6. The number of likely N-dealkylation sites (tertiary alicyclic amines) is 2. The van der Waals surface area contributed by atoms with E-state index in [0.717, 1.165) is 75.5 Å². The minimum absolute atomic E-state index is 0. The number of amides is 3. The third kappa shape index (κ3) is 25.7. The maximum Gasteiger partial charge on any atom is 1.00 e. The fraction of sp³-hybridized carbons (Fsp3) is 0.382. The van der Waals surface area contributed by atoms with Crippen LogP contribution in [0.25, 0.3) is 31.3 Å². The molecule has 0 spiro atoms. The van der Waals surface area contributed by atoms with Gasteiger partial charge < -0.3 is 56.2 Å². The summed E-state index contributed by atoms with van der Waals surface area (Å²) in [4.78, 5) is 70.2. The molecule has 2 saturated heterocycles. The maximum absolute atomic E-state index is 12.8. The fourth-order valence-corrected chi connectivity index (χ4v) is 12.5. The summed E-state index contributed by atoms with van der Waals surface area (Å²) in [6.45, 7) is 19.1. The molecule has 10 rings (SSSR count). The van der Waals surface area contributed by atoms with Crippen LogP contribution >= 0.6 is 61.3 Å². The van der Waals surface area contributed by atoms with E-state index in [1.165, 1.54) is 9.78 Å². The van der Waals surface area contributed by atoms with Crippen molar-refractivity contribution in [1.29, 1.82) is 10.5 Å². The molecule has 30 heteroatoms. The molecule has 0 aliphatic carbocycles. The quantitative estimate of drug-likeness (QED) is 0.0713. The van der Waals surface area contributed by atoms with Crippen LogP contribution in [0.1, 0.15) is 101 Å². The second-order valence-electron chi connectivity index (χ2n) is 23.3. The molecule has 1 unspecified atom stereocenters. The summed E-state index contributed by atoms with van der Waals surface area (Å²) in [6.07, 6.45) is -2.64. The topological polar surface area (TPSA) is 328 Å². The Morgan fingerprint density at radius 1 is 0.622 bits per heavy atom. The number of nitrogens with one attached hydrogen (secondary N) is 1. The van der Waals surface area contributed by atoms with Crippen LogP contribution in [0, 0.1) is 50.4 Å². The third-order valence-corrected chi connectivity index (χ3v) is 18.0. The van der Waals surface area contributed by atoms with Crippen molar-refractivity contribution in [2.75, 3.05) is 41.5 Å². The van der Waals surface area contributed by atoms with Crippen molar-refractivity contribution < 1.29 is 83.2 Å². The fourth-order valence-electron chi connectivity index (χ4n) is 9.23. The molecule has 4 aromatic heterocycles. The number of aromatic nitrogens is 4. The number of nitrogens with zero attached hydrogens (tertiary/aromatic N) is 8. The molecule has 23 nitrogen and oxygen atoms in total. The van der Waals surface area contributed by atoms with Crippen LogP contribution < -0.4 is 48.9 Å². The van der Waals surface area contributed by atoms with Gasteiger partial charge in [-0.2, -0.15) is 10.5 Å². The number of rotatable bonds is 12. The minimum Gasteiger partial charge on any atom is -1.00 e. The zero-order valence-electron chi connectivity index (χ0n) is 58.0. The van der Waals surface area contributed by atoms with Gasteiger partial charge in [0.1, 0.15) is 58.4 Å². The molecule has 8 aromatic rings. The van der Waals surface area contributed by atoms with Crippen molar-refractivity contribution in [3.8, 4) is 66.5 Å². The normalized spacial score (nSPS) is 14.9. The number of hydrogen-bond donors (Lipinski definition) is 5. The van der Waals surface area contributed by atoms with Crippen LogP contribution in [0.3, 0.4) is 0 Å². The van der Waals surface area contributed by atoms with Crippen molar-refractivity contribution in [3.05, 3.63) is 150 Å². The van der Waals surface area contributed by atoms with Crippen LogP contribution in [-0.4, -0.2) is 164 Å². The number of methoxy groups -OCH3 is 4. The summed E-state index contributed by atoms with van der Waals surface area (Å²) < 4.78 is 32.3. The number of β-amino-alcohol motifs (C(OH)–C–C–N with tert-alkyl or cyclic N) is 2. The molecular weight excluding hydrogens is 1410 g/mol. The van der Waals surface area contributed by atoms with Crippen molar-refractivity contribution in [1.82, 2.24) is 35.1 Å². The predicted molar refractivity (Wildman–Crippen MR) is 387 cm³/mol. The van der Waals surface area contributed by atoms with Crippen LogP contribution in [0.15, 0.2) is 105 Å². The van der Waals surface area contributed by atoms with Gasteiger partial charge >= 0.3 is 37.0 Å². The Balaban J connectivity index is 0.000000426. The molecule has 98 heavy (non-hydrogen) atoms. The standard InChI is InChI=1S/C22H29N3O5S.C12H14N2OS.C12H10N2OS.C10H17NO5.C8H6BrNO.C4H5NS.Al.Li.4H/c1-13-19(31-12-24-13)14-6-7-15(18(8-14)29-5)10-23-20(27)17-9-16(26)11-25(17)21(28)30-22(2,3)4;2*1-8-12(16-7-14-8)9-3-4-10(6-13)11(5-9)15-2;1-10(2,3)16-9(15)11-5-6(12)4-7(11)8(13)14;1-11-8-4-7(9)3-2-6(8)5-10;1-4-2-6-3-5-4;;;;;;/h6-8,12,16-17,26H,9-11H2,1-5H3,(H,23,27);3-5,7H,6,13H2,1-2H3;3-5,7H,1-2H3;6-7,12H,4-5H2,1-3H3,(H,13,14);2-4H,1H3;2-3H,1H3;;;;;;/q;;;;;;;+1;;;;-1/t16-,17?;;;6-,7+;;;;;;;;/m1..1......../s1. The van der Waals surface area contributed by atoms with Gasteiger partial charge in [-0.1, -0.05) is 46.3 Å². The van der Waals surface area contributed by atoms with E-state index in [1.807, 2.05) is 98.1 Å². The Kier molecular flexibility index (Phi) is 35.1. The van der Waals surface area contributed by atoms with Crippen molar-refractivity contribution in [2.24, 2.45) is 5.73 Å². The first kappa shape index (κ1) is 84.8. The Labute approximate surface area is 620 Å². The summed E-state index contributed by atoms with van der Waals surface area (Å²) >= 11 is 9.69. The van der Waals surface area contributed by atoms with Gasteiger partial charge in [-0.3, -0.25) is 19.6 Å². The Morgan fingerprint density at radius 3 is 1.39 bits per heavy atom. The number of carbonyl (C=O) groups excluding carboxylic acids is 3. The zero-order valence-corrected chi connectivity index (χ0v) is 61.8. The van der Waals surface area contributed by atoms with Crippen LogP contribution in [-0.2, 0) is 32.2 Å². The molecule has 6 heterocycles. The SMILES string of the molecule is CC(C)(C)OC(=O)N1C[C@H](O)C[C@H]1C(=O)O.COc1cc(-c2scnc2C)ccc1C#N.COc1cc(-c2scnc2C)ccc1CN.COc1cc(-c2scnc2C)ccc1CNC(=O)C1C[C@@H](O)CN1C(=O)OC(C)(C)C.COc1cc(Br)ccc1C#N.Cc1cscn1.[AlH3].[H-].[Li+]. The van der Waals surface area contributed by atoms with Gasteiger partial charge in [-0.05, 0) is 128 Å². The van der Waals surface area contributed by atoms with Gasteiger partial charge in [0.25, 0.3) is 0 Å². The van der Waals surface area contributed by atoms with Gasteiger partial charge in [-0.15, -0.1) is 45.3 Å². The number of halogens is 1. The minimum atomic E-state index is -1.12. The number of aryl methyl sites for hydroxylation is 4. The van der Waals surface area contributed by atoms with E-state index in [4.69, 9.17) is 49.8 Å². The number of benzene rings is 4. The molecule has 2 aliphatic rings. The molecule has 6 N–H and O–H groups in total. The summed E-state index contributed by atoms with van der Waals surface area (Å²) in [5.74, 6) is 1.23. The molecule has 0 radical (unpaired) electrons. The van der Waals surface area contributed by atoms with Crippen LogP contribution in [0.4, 0.5) is 9.59 Å².